The van der Waals surface area contributed by atoms with Gasteiger partial charge in [0.1, 0.15) is 0 Å². The number of fused-ring (bicyclic) bond motifs is 1. The van der Waals surface area contributed by atoms with Gasteiger partial charge in [-0.05, 0) is 31.5 Å². The minimum atomic E-state index is -0.232. The minimum Gasteiger partial charge on any atom is -0.454 e. The highest BCUT2D eigenvalue weighted by Crippen LogP contribution is 2.32. The molecule has 2 rings (SSSR count). The van der Waals surface area contributed by atoms with Gasteiger partial charge in [-0.1, -0.05) is 6.92 Å². The zero-order valence-corrected chi connectivity index (χ0v) is 12.3. The van der Waals surface area contributed by atoms with Crippen LogP contribution in [0.3, 0.4) is 0 Å². The van der Waals surface area contributed by atoms with E-state index in [1.54, 1.807) is 18.2 Å². The van der Waals surface area contributed by atoms with E-state index < -0.39 is 0 Å². The lowest BCUT2D eigenvalue weighted by Gasteiger charge is -2.11. The van der Waals surface area contributed by atoms with Crippen LogP contribution in [0.4, 0.5) is 0 Å². The molecule has 0 saturated carbocycles. The quantitative estimate of drug-likeness (QED) is 0.832. The van der Waals surface area contributed by atoms with Gasteiger partial charge in [-0.2, -0.15) is 0 Å². The van der Waals surface area contributed by atoms with Crippen LogP contribution in [0.2, 0.25) is 0 Å². The van der Waals surface area contributed by atoms with E-state index in [-0.39, 0.29) is 31.1 Å². The Kier molecular flexibility index (Phi) is 5.03. The van der Waals surface area contributed by atoms with Gasteiger partial charge in [0.05, 0.1) is 0 Å². The van der Waals surface area contributed by atoms with Gasteiger partial charge in [-0.15, -0.1) is 0 Å². The first-order chi connectivity index (χ1) is 10.1. The molecule has 1 aliphatic rings. The molecule has 0 radical (unpaired) electrons. The third kappa shape index (κ3) is 4.11. The Labute approximate surface area is 123 Å². The van der Waals surface area contributed by atoms with Gasteiger partial charge in [0.15, 0.2) is 11.5 Å². The second kappa shape index (κ2) is 6.97. The monoisotopic (exact) mass is 292 g/mol. The van der Waals surface area contributed by atoms with Crippen molar-refractivity contribution in [2.75, 3.05) is 13.3 Å². The molecule has 1 atom stereocenters. The molecule has 0 aromatic heterocycles. The standard InChI is InChI=1S/C15H20N2O4/c1-3-10(2)17-14(18)6-7-16-15(19)11-4-5-12-13(8-11)21-9-20-12/h4-5,8,10H,3,6-7,9H2,1-2H3,(H,16,19)(H,17,18). The number of nitrogens with one attached hydrogen (secondary N) is 2. The van der Waals surface area contributed by atoms with Crippen molar-refractivity contribution < 1.29 is 19.1 Å². The highest BCUT2D eigenvalue weighted by atomic mass is 16.7. The molecule has 6 heteroatoms. The summed E-state index contributed by atoms with van der Waals surface area (Å²) in [7, 11) is 0. The predicted molar refractivity (Wildman–Crippen MR) is 77.4 cm³/mol. The van der Waals surface area contributed by atoms with Crippen molar-refractivity contribution in [3.8, 4) is 11.5 Å². The summed E-state index contributed by atoms with van der Waals surface area (Å²) < 4.78 is 10.4. The lowest BCUT2D eigenvalue weighted by atomic mass is 10.2. The van der Waals surface area contributed by atoms with Crippen LogP contribution in [0.1, 0.15) is 37.0 Å². The maximum Gasteiger partial charge on any atom is 0.251 e. The summed E-state index contributed by atoms with van der Waals surface area (Å²) in [6, 6.07) is 5.16. The van der Waals surface area contributed by atoms with Crippen molar-refractivity contribution in [1.82, 2.24) is 10.6 Å². The van der Waals surface area contributed by atoms with Crippen LogP contribution >= 0.6 is 0 Å². The summed E-state index contributed by atoms with van der Waals surface area (Å²) in [6.07, 6.45) is 1.15. The van der Waals surface area contributed by atoms with Crippen molar-refractivity contribution in [3.63, 3.8) is 0 Å². The Morgan fingerprint density at radius 3 is 2.81 bits per heavy atom. The predicted octanol–water partition coefficient (Wildman–Crippen LogP) is 1.45. The Bertz CT molecular complexity index is 530. The summed E-state index contributed by atoms with van der Waals surface area (Å²) >= 11 is 0. The first kappa shape index (κ1) is 15.2. The van der Waals surface area contributed by atoms with E-state index in [1.807, 2.05) is 13.8 Å². The van der Waals surface area contributed by atoms with E-state index in [0.29, 0.717) is 23.6 Å². The van der Waals surface area contributed by atoms with Crippen LogP contribution in [0.25, 0.3) is 0 Å². The van der Waals surface area contributed by atoms with E-state index in [0.717, 1.165) is 6.42 Å². The molecule has 21 heavy (non-hydrogen) atoms. The topological polar surface area (TPSA) is 76.7 Å². The van der Waals surface area contributed by atoms with Gasteiger partial charge in [0.25, 0.3) is 5.91 Å². The van der Waals surface area contributed by atoms with Crippen molar-refractivity contribution in [1.29, 1.82) is 0 Å². The third-order valence-electron chi connectivity index (χ3n) is 3.29. The average Bonchev–Trinajstić information content (AvgIpc) is 2.94. The van der Waals surface area contributed by atoms with E-state index >= 15 is 0 Å². The van der Waals surface area contributed by atoms with Crippen LogP contribution in [-0.4, -0.2) is 31.2 Å². The molecule has 0 spiro atoms. The molecule has 1 aliphatic heterocycles. The maximum absolute atomic E-state index is 12.0. The molecular formula is C15H20N2O4. The number of ether oxygens (including phenoxy) is 2. The van der Waals surface area contributed by atoms with Crippen LogP contribution in [-0.2, 0) is 4.79 Å². The number of hydrogen-bond acceptors (Lipinski definition) is 4. The summed E-state index contributed by atoms with van der Waals surface area (Å²) in [4.78, 5) is 23.5. The third-order valence-corrected chi connectivity index (χ3v) is 3.29. The molecule has 0 aliphatic carbocycles. The van der Waals surface area contributed by atoms with E-state index in [9.17, 15) is 9.59 Å². The van der Waals surface area contributed by atoms with Gasteiger partial charge in [0, 0.05) is 24.6 Å². The fraction of sp³-hybridized carbons (Fsp3) is 0.467. The van der Waals surface area contributed by atoms with E-state index in [4.69, 9.17) is 9.47 Å². The van der Waals surface area contributed by atoms with Crippen LogP contribution in [0.15, 0.2) is 18.2 Å². The Morgan fingerprint density at radius 1 is 1.29 bits per heavy atom. The smallest absolute Gasteiger partial charge is 0.251 e. The van der Waals surface area contributed by atoms with Gasteiger partial charge < -0.3 is 20.1 Å². The average molecular weight is 292 g/mol. The summed E-state index contributed by atoms with van der Waals surface area (Å²) in [6.45, 7) is 4.43. The summed E-state index contributed by atoms with van der Waals surface area (Å²) in [5.41, 5.74) is 0.488. The number of carbonyl (C=O) groups excluding carboxylic acids is 2. The second-order valence-electron chi connectivity index (χ2n) is 4.95. The molecule has 1 unspecified atom stereocenters. The number of carbonyl (C=O) groups is 2. The van der Waals surface area contributed by atoms with Crippen molar-refractivity contribution in [2.24, 2.45) is 0 Å². The van der Waals surface area contributed by atoms with E-state index in [1.165, 1.54) is 0 Å². The number of amides is 2. The van der Waals surface area contributed by atoms with Crippen molar-refractivity contribution in [2.45, 2.75) is 32.7 Å². The fourth-order valence-corrected chi connectivity index (χ4v) is 1.88. The Hall–Kier alpha value is -2.24. The van der Waals surface area contributed by atoms with Crippen LogP contribution < -0.4 is 20.1 Å². The molecule has 6 nitrogen and oxygen atoms in total. The van der Waals surface area contributed by atoms with Gasteiger partial charge in [-0.25, -0.2) is 0 Å². The molecule has 114 valence electrons. The minimum absolute atomic E-state index is 0.0599. The van der Waals surface area contributed by atoms with Crippen LogP contribution in [0.5, 0.6) is 11.5 Å². The first-order valence-electron chi connectivity index (χ1n) is 7.07. The number of rotatable bonds is 6. The second-order valence-corrected chi connectivity index (χ2v) is 4.95. The zero-order chi connectivity index (χ0) is 15.2. The normalized spacial score (nSPS) is 13.6. The van der Waals surface area contributed by atoms with Crippen molar-refractivity contribution in [3.05, 3.63) is 23.8 Å². The SMILES string of the molecule is CCC(C)NC(=O)CCNC(=O)c1ccc2c(c1)OCO2. The summed E-state index contributed by atoms with van der Waals surface area (Å²) in [5.74, 6) is 0.914. The highest BCUT2D eigenvalue weighted by Gasteiger charge is 2.16. The lowest BCUT2D eigenvalue weighted by molar-refractivity contribution is -0.121. The number of benzene rings is 1. The van der Waals surface area contributed by atoms with Gasteiger partial charge in [0.2, 0.25) is 12.7 Å². The molecule has 2 N–H and O–H groups in total. The molecular weight excluding hydrogens is 272 g/mol. The Morgan fingerprint density at radius 2 is 2.05 bits per heavy atom. The van der Waals surface area contributed by atoms with Crippen molar-refractivity contribution >= 4 is 11.8 Å². The zero-order valence-electron chi connectivity index (χ0n) is 12.3. The van der Waals surface area contributed by atoms with Gasteiger partial charge in [-0.3, -0.25) is 9.59 Å². The molecule has 0 bridgehead atoms. The van der Waals surface area contributed by atoms with Crippen LogP contribution in [0, 0.1) is 0 Å². The molecule has 0 saturated heterocycles. The lowest BCUT2D eigenvalue weighted by Crippen LogP contribution is -2.35. The Balaban J connectivity index is 1.78. The largest absolute Gasteiger partial charge is 0.454 e. The maximum atomic E-state index is 12.0. The molecule has 1 aromatic carbocycles. The first-order valence-corrected chi connectivity index (χ1v) is 7.07. The van der Waals surface area contributed by atoms with E-state index in [2.05, 4.69) is 10.6 Å². The highest BCUT2D eigenvalue weighted by molar-refractivity contribution is 5.95. The number of hydrogen-bond donors (Lipinski definition) is 2. The molecule has 1 heterocycles. The summed E-state index contributed by atoms with van der Waals surface area (Å²) in [5, 5.41) is 5.57. The van der Waals surface area contributed by atoms with Gasteiger partial charge >= 0.3 is 0 Å². The fourth-order valence-electron chi connectivity index (χ4n) is 1.88. The molecule has 0 fully saturated rings. The molecule has 1 aromatic rings. The molecule has 2 amide bonds.